The zero-order chi connectivity index (χ0) is 14.8. The average molecular weight is 390 g/mol. The van der Waals surface area contributed by atoms with E-state index in [9.17, 15) is 9.59 Å². The van der Waals surface area contributed by atoms with Gasteiger partial charge in [0.05, 0.1) is 5.69 Å². The van der Waals surface area contributed by atoms with Crippen molar-refractivity contribution in [2.75, 3.05) is 4.90 Å². The van der Waals surface area contributed by atoms with Gasteiger partial charge in [0.15, 0.2) is 0 Å². The van der Waals surface area contributed by atoms with Crippen LogP contribution in [0.5, 0.6) is 0 Å². The van der Waals surface area contributed by atoms with E-state index in [0.717, 1.165) is 14.0 Å². The fraction of sp³-hybridized carbons (Fsp3) is 0. The zero-order valence-corrected chi connectivity index (χ0v) is 13.1. The second kappa shape index (κ2) is 5.69. The van der Waals surface area contributed by atoms with Crippen molar-refractivity contribution in [1.82, 2.24) is 5.32 Å². The van der Waals surface area contributed by atoms with E-state index < -0.39 is 6.03 Å². The summed E-state index contributed by atoms with van der Waals surface area (Å²) in [4.78, 5) is 25.5. The molecule has 0 bridgehead atoms. The van der Waals surface area contributed by atoms with Gasteiger partial charge in [-0.25, -0.2) is 9.69 Å². The summed E-state index contributed by atoms with van der Waals surface area (Å²) in [6.07, 6.45) is 1.68. The number of anilines is 1. The molecule has 0 aliphatic carbocycles. The van der Waals surface area contributed by atoms with Crippen LogP contribution in [0.2, 0.25) is 0 Å². The van der Waals surface area contributed by atoms with Crippen molar-refractivity contribution in [3.8, 4) is 0 Å². The predicted octanol–water partition coefficient (Wildman–Crippen LogP) is 3.39. The number of imide groups is 1. The Kier molecular flexibility index (Phi) is 3.74. The Morgan fingerprint density at radius 3 is 2.29 bits per heavy atom. The third-order valence-electron chi connectivity index (χ3n) is 3.07. The van der Waals surface area contributed by atoms with Gasteiger partial charge < -0.3 is 5.32 Å². The summed E-state index contributed by atoms with van der Waals surface area (Å²) in [6.45, 7) is 0. The van der Waals surface area contributed by atoms with E-state index in [-0.39, 0.29) is 11.6 Å². The van der Waals surface area contributed by atoms with Crippen LogP contribution in [0.4, 0.5) is 10.5 Å². The number of para-hydroxylation sites is 1. The minimum atomic E-state index is -0.428. The molecule has 4 nitrogen and oxygen atoms in total. The molecule has 0 spiro atoms. The second-order valence-electron chi connectivity index (χ2n) is 4.52. The van der Waals surface area contributed by atoms with Gasteiger partial charge in [0.2, 0.25) is 0 Å². The largest absolute Gasteiger partial charge is 0.333 e. The minimum Gasteiger partial charge on any atom is -0.302 e. The third kappa shape index (κ3) is 2.82. The Morgan fingerprint density at radius 2 is 1.62 bits per heavy atom. The molecule has 3 rings (SSSR count). The molecule has 5 heteroatoms. The van der Waals surface area contributed by atoms with E-state index >= 15 is 0 Å². The number of nitrogens with zero attached hydrogens (tertiary/aromatic N) is 1. The van der Waals surface area contributed by atoms with Gasteiger partial charge in [-0.2, -0.15) is 0 Å². The van der Waals surface area contributed by atoms with E-state index in [0.29, 0.717) is 5.69 Å². The first-order valence-electron chi connectivity index (χ1n) is 6.33. The lowest BCUT2D eigenvalue weighted by Gasteiger charge is -2.10. The highest BCUT2D eigenvalue weighted by atomic mass is 127. The first kappa shape index (κ1) is 13.8. The van der Waals surface area contributed by atoms with Crippen molar-refractivity contribution < 1.29 is 9.59 Å². The highest BCUT2D eigenvalue weighted by Crippen LogP contribution is 2.21. The smallest absolute Gasteiger partial charge is 0.302 e. The fourth-order valence-electron chi connectivity index (χ4n) is 2.07. The number of nitrogens with one attached hydrogen (secondary N) is 1. The quantitative estimate of drug-likeness (QED) is 0.486. The Morgan fingerprint density at radius 1 is 0.952 bits per heavy atom. The number of carbonyl (C=O) groups is 2. The number of urea groups is 1. The molecule has 0 saturated carbocycles. The molecular formula is C16H11IN2O2. The summed E-state index contributed by atoms with van der Waals surface area (Å²) in [6, 6.07) is 16.1. The van der Waals surface area contributed by atoms with Crippen LogP contribution in [0.3, 0.4) is 0 Å². The molecule has 2 aromatic carbocycles. The molecule has 0 atom stereocenters. The van der Waals surface area contributed by atoms with Crippen LogP contribution in [0.25, 0.3) is 6.08 Å². The lowest BCUT2D eigenvalue weighted by molar-refractivity contribution is -0.113. The standard InChI is InChI=1S/C16H11IN2O2/c17-12-8-6-11(7-9-12)10-14-15(20)19(16(21)18-14)13-4-2-1-3-5-13/h1-10H,(H,18,21)/b14-10-. The van der Waals surface area contributed by atoms with Crippen molar-refractivity contribution in [3.63, 3.8) is 0 Å². The Hall–Kier alpha value is -2.15. The summed E-state index contributed by atoms with van der Waals surface area (Å²) in [5.41, 5.74) is 1.71. The highest BCUT2D eigenvalue weighted by Gasteiger charge is 2.34. The minimum absolute atomic E-state index is 0.282. The van der Waals surface area contributed by atoms with E-state index in [2.05, 4.69) is 27.9 Å². The van der Waals surface area contributed by atoms with Gasteiger partial charge in [0.25, 0.3) is 5.91 Å². The monoisotopic (exact) mass is 390 g/mol. The van der Waals surface area contributed by atoms with Crippen molar-refractivity contribution >= 4 is 46.3 Å². The summed E-state index contributed by atoms with van der Waals surface area (Å²) in [5.74, 6) is -0.343. The van der Waals surface area contributed by atoms with Crippen LogP contribution in [-0.2, 0) is 4.79 Å². The summed E-state index contributed by atoms with van der Waals surface area (Å²) in [5, 5.41) is 2.61. The lowest BCUT2D eigenvalue weighted by Crippen LogP contribution is -2.30. The van der Waals surface area contributed by atoms with Crippen molar-refractivity contribution in [1.29, 1.82) is 0 Å². The highest BCUT2D eigenvalue weighted by molar-refractivity contribution is 14.1. The molecule has 3 amide bonds. The SMILES string of the molecule is O=C1N/C(=C\c2ccc(I)cc2)C(=O)N1c1ccccc1. The molecule has 104 valence electrons. The zero-order valence-electron chi connectivity index (χ0n) is 10.9. The Balaban J connectivity index is 1.92. The second-order valence-corrected chi connectivity index (χ2v) is 5.76. The van der Waals surface area contributed by atoms with Gasteiger partial charge in [0.1, 0.15) is 5.70 Å². The van der Waals surface area contributed by atoms with Gasteiger partial charge in [-0.05, 0) is 58.5 Å². The maximum Gasteiger partial charge on any atom is 0.333 e. The maximum atomic E-state index is 12.4. The maximum absolute atomic E-state index is 12.4. The van der Waals surface area contributed by atoms with Gasteiger partial charge in [-0.15, -0.1) is 0 Å². The van der Waals surface area contributed by atoms with Crippen LogP contribution < -0.4 is 10.2 Å². The van der Waals surface area contributed by atoms with Crippen LogP contribution in [0.1, 0.15) is 5.56 Å². The van der Waals surface area contributed by atoms with Crippen molar-refractivity contribution in [2.24, 2.45) is 0 Å². The average Bonchev–Trinajstić information content (AvgIpc) is 2.77. The lowest BCUT2D eigenvalue weighted by atomic mass is 10.2. The first-order valence-corrected chi connectivity index (χ1v) is 7.41. The van der Waals surface area contributed by atoms with Gasteiger partial charge >= 0.3 is 6.03 Å². The normalized spacial score (nSPS) is 16.4. The third-order valence-corrected chi connectivity index (χ3v) is 3.79. The fourth-order valence-corrected chi connectivity index (χ4v) is 2.43. The molecule has 1 aliphatic heterocycles. The Bertz CT molecular complexity index is 724. The summed E-state index contributed by atoms with van der Waals surface area (Å²) in [7, 11) is 0. The van der Waals surface area contributed by atoms with Crippen molar-refractivity contribution in [2.45, 2.75) is 0 Å². The molecule has 1 fully saturated rings. The molecule has 0 radical (unpaired) electrons. The number of benzene rings is 2. The van der Waals surface area contributed by atoms with E-state index in [1.807, 2.05) is 30.3 Å². The van der Waals surface area contributed by atoms with Gasteiger partial charge in [-0.3, -0.25) is 4.79 Å². The molecule has 1 saturated heterocycles. The predicted molar refractivity (Wildman–Crippen MR) is 89.6 cm³/mol. The van der Waals surface area contributed by atoms with Crippen LogP contribution in [-0.4, -0.2) is 11.9 Å². The van der Waals surface area contributed by atoms with Crippen LogP contribution in [0.15, 0.2) is 60.3 Å². The number of amides is 3. The van der Waals surface area contributed by atoms with Crippen LogP contribution in [0, 0.1) is 3.57 Å². The molecule has 1 N–H and O–H groups in total. The Labute approximate surface area is 135 Å². The van der Waals surface area contributed by atoms with E-state index in [1.165, 1.54) is 0 Å². The molecule has 2 aromatic rings. The summed E-state index contributed by atoms with van der Waals surface area (Å²) < 4.78 is 1.11. The first-order chi connectivity index (χ1) is 10.1. The number of rotatable bonds is 2. The molecule has 0 aromatic heterocycles. The number of halogens is 1. The number of hydrogen-bond acceptors (Lipinski definition) is 2. The molecule has 1 aliphatic rings. The van der Waals surface area contributed by atoms with Crippen LogP contribution >= 0.6 is 22.6 Å². The van der Waals surface area contributed by atoms with E-state index in [4.69, 9.17) is 0 Å². The van der Waals surface area contributed by atoms with Crippen molar-refractivity contribution in [3.05, 3.63) is 69.4 Å². The molecule has 1 heterocycles. The van der Waals surface area contributed by atoms with E-state index in [1.54, 1.807) is 30.3 Å². The van der Waals surface area contributed by atoms with Gasteiger partial charge in [0, 0.05) is 3.57 Å². The molecule has 21 heavy (non-hydrogen) atoms. The topological polar surface area (TPSA) is 49.4 Å². The number of carbonyl (C=O) groups excluding carboxylic acids is 2. The molecular weight excluding hydrogens is 379 g/mol. The van der Waals surface area contributed by atoms with Gasteiger partial charge in [-0.1, -0.05) is 30.3 Å². The molecule has 0 unspecified atom stereocenters. The number of hydrogen-bond donors (Lipinski definition) is 1. The summed E-state index contributed by atoms with van der Waals surface area (Å²) >= 11 is 2.21.